The fourth-order valence-electron chi connectivity index (χ4n) is 1.28. The summed E-state index contributed by atoms with van der Waals surface area (Å²) in [5.41, 5.74) is 0.801. The van der Waals surface area contributed by atoms with Gasteiger partial charge in [-0.1, -0.05) is 6.92 Å². The van der Waals surface area contributed by atoms with E-state index in [0.717, 1.165) is 5.56 Å². The number of hydrogen-bond donors (Lipinski definition) is 1. The summed E-state index contributed by atoms with van der Waals surface area (Å²) in [6.07, 6.45) is 2.19. The van der Waals surface area contributed by atoms with Crippen LogP contribution in [0.5, 0.6) is 0 Å². The molecular weight excluding hydrogens is 178 g/mol. The number of aromatic nitrogens is 1. The number of rotatable bonds is 3. The van der Waals surface area contributed by atoms with Gasteiger partial charge in [-0.05, 0) is 38.0 Å². The molecule has 0 saturated carbocycles. The number of carbonyl (C=O) groups is 1. The molecule has 1 unspecified atom stereocenters. The van der Waals surface area contributed by atoms with Gasteiger partial charge < -0.3 is 5.11 Å². The van der Waals surface area contributed by atoms with Crippen LogP contribution in [-0.2, 0) is 10.2 Å². The van der Waals surface area contributed by atoms with E-state index in [1.54, 1.807) is 13.1 Å². The lowest BCUT2D eigenvalue weighted by atomic mass is 9.83. The van der Waals surface area contributed by atoms with Gasteiger partial charge in [-0.15, -0.1) is 0 Å². The normalized spacial score (nSPS) is 14.8. The van der Waals surface area contributed by atoms with E-state index in [4.69, 9.17) is 5.11 Å². The first-order chi connectivity index (χ1) is 6.50. The Balaban J connectivity index is 3.19. The van der Waals surface area contributed by atoms with Crippen LogP contribution in [0.25, 0.3) is 0 Å². The van der Waals surface area contributed by atoms with Gasteiger partial charge >= 0.3 is 5.97 Å². The van der Waals surface area contributed by atoms with E-state index in [1.807, 2.05) is 26.0 Å². The zero-order valence-electron chi connectivity index (χ0n) is 8.74. The van der Waals surface area contributed by atoms with Crippen LogP contribution in [0.3, 0.4) is 0 Å². The van der Waals surface area contributed by atoms with Crippen molar-refractivity contribution < 1.29 is 9.90 Å². The Morgan fingerprint density at radius 1 is 1.64 bits per heavy atom. The summed E-state index contributed by atoms with van der Waals surface area (Å²) >= 11 is 0. The lowest BCUT2D eigenvalue weighted by Crippen LogP contribution is -2.32. The van der Waals surface area contributed by atoms with Gasteiger partial charge in [0, 0.05) is 6.20 Å². The maximum Gasteiger partial charge on any atom is 0.315 e. The van der Waals surface area contributed by atoms with Crippen LogP contribution < -0.4 is 0 Å². The van der Waals surface area contributed by atoms with E-state index in [0.29, 0.717) is 12.1 Å². The Bertz CT molecular complexity index is 349. The molecule has 1 rings (SSSR count). The van der Waals surface area contributed by atoms with Crippen LogP contribution in [0.1, 0.15) is 31.5 Å². The molecule has 3 nitrogen and oxygen atoms in total. The van der Waals surface area contributed by atoms with E-state index in [1.165, 1.54) is 0 Å². The molecule has 1 atom stereocenters. The molecule has 0 aliphatic heterocycles. The number of pyridine rings is 1. The van der Waals surface area contributed by atoms with Crippen LogP contribution in [0.2, 0.25) is 0 Å². The molecule has 0 spiro atoms. The largest absolute Gasteiger partial charge is 0.481 e. The summed E-state index contributed by atoms with van der Waals surface area (Å²) in [7, 11) is 0. The van der Waals surface area contributed by atoms with Crippen LogP contribution in [0, 0.1) is 6.92 Å². The maximum atomic E-state index is 11.1. The van der Waals surface area contributed by atoms with Crippen LogP contribution >= 0.6 is 0 Å². The monoisotopic (exact) mass is 193 g/mol. The Morgan fingerprint density at radius 3 is 2.71 bits per heavy atom. The molecule has 76 valence electrons. The fourth-order valence-corrected chi connectivity index (χ4v) is 1.28. The third-order valence-corrected chi connectivity index (χ3v) is 2.66. The molecule has 1 aromatic rings. The van der Waals surface area contributed by atoms with E-state index in [2.05, 4.69) is 4.98 Å². The Hall–Kier alpha value is -1.38. The van der Waals surface area contributed by atoms with Crippen molar-refractivity contribution >= 4 is 5.97 Å². The maximum absolute atomic E-state index is 11.1. The second-order valence-corrected chi connectivity index (χ2v) is 3.71. The lowest BCUT2D eigenvalue weighted by Gasteiger charge is -2.22. The third-order valence-electron chi connectivity index (χ3n) is 2.66. The van der Waals surface area contributed by atoms with Crippen molar-refractivity contribution in [3.05, 3.63) is 29.6 Å². The third kappa shape index (κ3) is 1.76. The average Bonchev–Trinajstić information content (AvgIpc) is 2.16. The predicted molar refractivity (Wildman–Crippen MR) is 54.3 cm³/mol. The number of aryl methyl sites for hydroxylation is 1. The number of carboxylic acids is 1. The molecule has 0 amide bonds. The first-order valence-corrected chi connectivity index (χ1v) is 4.67. The molecule has 0 bridgehead atoms. The first kappa shape index (κ1) is 10.7. The molecule has 0 saturated heterocycles. The first-order valence-electron chi connectivity index (χ1n) is 4.67. The van der Waals surface area contributed by atoms with E-state index in [-0.39, 0.29) is 0 Å². The zero-order valence-corrected chi connectivity index (χ0v) is 8.74. The van der Waals surface area contributed by atoms with E-state index >= 15 is 0 Å². The van der Waals surface area contributed by atoms with Crippen molar-refractivity contribution in [2.45, 2.75) is 32.6 Å². The fraction of sp³-hybridized carbons (Fsp3) is 0.455. The highest BCUT2D eigenvalue weighted by Gasteiger charge is 2.34. The molecule has 0 fully saturated rings. The van der Waals surface area contributed by atoms with Gasteiger partial charge in [0.2, 0.25) is 0 Å². The Morgan fingerprint density at radius 2 is 2.29 bits per heavy atom. The van der Waals surface area contributed by atoms with Crippen LogP contribution in [0.15, 0.2) is 18.3 Å². The van der Waals surface area contributed by atoms with Crippen LogP contribution in [-0.4, -0.2) is 16.1 Å². The summed E-state index contributed by atoms with van der Waals surface area (Å²) in [6, 6.07) is 3.69. The summed E-state index contributed by atoms with van der Waals surface area (Å²) < 4.78 is 0. The van der Waals surface area contributed by atoms with Crippen molar-refractivity contribution in [3.63, 3.8) is 0 Å². The SMILES string of the molecule is CCC(C)(C(=O)O)c1cc(C)ccn1. The Kier molecular flexibility index (Phi) is 2.89. The molecule has 1 heterocycles. The summed E-state index contributed by atoms with van der Waals surface area (Å²) in [5.74, 6) is -0.821. The lowest BCUT2D eigenvalue weighted by molar-refractivity contribution is -0.143. The number of aliphatic carboxylic acids is 1. The molecule has 3 heteroatoms. The summed E-state index contributed by atoms with van der Waals surface area (Å²) in [6.45, 7) is 5.50. The highest BCUT2D eigenvalue weighted by molar-refractivity contribution is 5.80. The molecule has 0 aliphatic rings. The average molecular weight is 193 g/mol. The second-order valence-electron chi connectivity index (χ2n) is 3.71. The van der Waals surface area contributed by atoms with Crippen molar-refractivity contribution in [1.82, 2.24) is 4.98 Å². The molecule has 0 radical (unpaired) electrons. The quantitative estimate of drug-likeness (QED) is 0.800. The molecule has 0 aromatic carbocycles. The van der Waals surface area contributed by atoms with Crippen molar-refractivity contribution in [3.8, 4) is 0 Å². The topological polar surface area (TPSA) is 50.2 Å². The minimum absolute atomic E-state index is 0.540. The van der Waals surface area contributed by atoms with E-state index in [9.17, 15) is 4.79 Å². The summed E-state index contributed by atoms with van der Waals surface area (Å²) in [4.78, 5) is 15.2. The highest BCUT2D eigenvalue weighted by atomic mass is 16.4. The molecular formula is C11H15NO2. The molecule has 1 N–H and O–H groups in total. The van der Waals surface area contributed by atoms with Gasteiger partial charge in [0.25, 0.3) is 0 Å². The number of hydrogen-bond acceptors (Lipinski definition) is 2. The predicted octanol–water partition coefficient (Wildman–Crippen LogP) is 2.14. The molecule has 14 heavy (non-hydrogen) atoms. The Labute approximate surface area is 83.8 Å². The standard InChI is InChI=1S/C11H15NO2/c1-4-11(3,10(13)14)9-7-8(2)5-6-12-9/h5-7H,4H2,1-3H3,(H,13,14). The van der Waals surface area contributed by atoms with Crippen LogP contribution in [0.4, 0.5) is 0 Å². The van der Waals surface area contributed by atoms with Crippen molar-refractivity contribution in [2.75, 3.05) is 0 Å². The number of carboxylic acid groups (broad SMARTS) is 1. The minimum atomic E-state index is -0.869. The van der Waals surface area contributed by atoms with Gasteiger partial charge in [-0.25, -0.2) is 0 Å². The molecule has 0 aliphatic carbocycles. The van der Waals surface area contributed by atoms with E-state index < -0.39 is 11.4 Å². The zero-order chi connectivity index (χ0) is 10.8. The summed E-state index contributed by atoms with van der Waals surface area (Å²) in [5, 5.41) is 9.14. The minimum Gasteiger partial charge on any atom is -0.481 e. The molecule has 1 aromatic heterocycles. The van der Waals surface area contributed by atoms with Gasteiger partial charge in [0.05, 0.1) is 5.69 Å². The highest BCUT2D eigenvalue weighted by Crippen LogP contribution is 2.26. The van der Waals surface area contributed by atoms with Gasteiger partial charge in [-0.3, -0.25) is 9.78 Å². The van der Waals surface area contributed by atoms with Crippen molar-refractivity contribution in [2.24, 2.45) is 0 Å². The van der Waals surface area contributed by atoms with Crippen molar-refractivity contribution in [1.29, 1.82) is 0 Å². The second kappa shape index (κ2) is 3.78. The van der Waals surface area contributed by atoms with Gasteiger partial charge in [-0.2, -0.15) is 0 Å². The smallest absolute Gasteiger partial charge is 0.315 e. The van der Waals surface area contributed by atoms with Gasteiger partial charge in [0.15, 0.2) is 0 Å². The van der Waals surface area contributed by atoms with Gasteiger partial charge in [0.1, 0.15) is 5.41 Å². The number of nitrogens with zero attached hydrogens (tertiary/aromatic N) is 1.